The van der Waals surface area contributed by atoms with Crippen LogP contribution >= 0.6 is 0 Å². The molecule has 0 unspecified atom stereocenters. The Hall–Kier alpha value is -1.94. The second-order valence-corrected chi connectivity index (χ2v) is 3.15. The van der Waals surface area contributed by atoms with Gasteiger partial charge in [-0.15, -0.1) is 0 Å². The normalized spacial score (nSPS) is 10.2. The summed E-state index contributed by atoms with van der Waals surface area (Å²) in [5.41, 5.74) is 8.22. The standard InChI is InChI=1S/C11H11N3O/c12-5-9-6-13-7-14-11(9)8-1-3-10(15)4-2-8/h1-4,6-7,15H,5,12H2. The molecular weight excluding hydrogens is 190 g/mol. The average Bonchev–Trinajstić information content (AvgIpc) is 2.30. The Morgan fingerprint density at radius 3 is 2.60 bits per heavy atom. The van der Waals surface area contributed by atoms with Gasteiger partial charge in [0.05, 0.1) is 5.69 Å². The quantitative estimate of drug-likeness (QED) is 0.768. The minimum atomic E-state index is 0.238. The van der Waals surface area contributed by atoms with E-state index in [0.29, 0.717) is 6.54 Å². The number of nitrogens with zero attached hydrogens (tertiary/aromatic N) is 2. The van der Waals surface area contributed by atoms with E-state index in [1.807, 2.05) is 0 Å². The second kappa shape index (κ2) is 4.06. The Bertz CT molecular complexity index is 454. The molecule has 1 aromatic carbocycles. The van der Waals surface area contributed by atoms with Gasteiger partial charge in [-0.3, -0.25) is 0 Å². The van der Waals surface area contributed by atoms with Crippen LogP contribution in [-0.2, 0) is 6.54 Å². The number of aromatic hydroxyl groups is 1. The van der Waals surface area contributed by atoms with Crippen molar-refractivity contribution >= 4 is 0 Å². The highest BCUT2D eigenvalue weighted by Crippen LogP contribution is 2.22. The van der Waals surface area contributed by atoms with E-state index < -0.39 is 0 Å². The first-order valence-corrected chi connectivity index (χ1v) is 4.59. The first kappa shape index (κ1) is 9.61. The number of aromatic nitrogens is 2. The highest BCUT2D eigenvalue weighted by Gasteiger charge is 2.04. The van der Waals surface area contributed by atoms with E-state index in [-0.39, 0.29) is 5.75 Å². The summed E-state index contributed by atoms with van der Waals surface area (Å²) in [6.45, 7) is 0.400. The topological polar surface area (TPSA) is 72.0 Å². The van der Waals surface area contributed by atoms with Gasteiger partial charge in [0.1, 0.15) is 12.1 Å². The third kappa shape index (κ3) is 1.94. The molecular formula is C11H11N3O. The third-order valence-corrected chi connectivity index (χ3v) is 2.15. The van der Waals surface area contributed by atoms with E-state index in [4.69, 9.17) is 5.73 Å². The first-order chi connectivity index (χ1) is 7.31. The van der Waals surface area contributed by atoms with Gasteiger partial charge in [0, 0.05) is 23.9 Å². The van der Waals surface area contributed by atoms with Gasteiger partial charge in [0.2, 0.25) is 0 Å². The summed E-state index contributed by atoms with van der Waals surface area (Å²) in [5.74, 6) is 0.238. The summed E-state index contributed by atoms with van der Waals surface area (Å²) in [5, 5.41) is 9.17. The van der Waals surface area contributed by atoms with Crippen molar-refractivity contribution in [3.8, 4) is 17.0 Å². The van der Waals surface area contributed by atoms with Crippen LogP contribution in [-0.4, -0.2) is 15.1 Å². The Balaban J connectivity index is 2.49. The number of phenolic OH excluding ortho intramolecular Hbond substituents is 1. The van der Waals surface area contributed by atoms with Gasteiger partial charge in [0.15, 0.2) is 0 Å². The Morgan fingerprint density at radius 1 is 1.20 bits per heavy atom. The summed E-state index contributed by atoms with van der Waals surface area (Å²) in [6.07, 6.45) is 3.19. The molecule has 2 aromatic rings. The lowest BCUT2D eigenvalue weighted by atomic mass is 10.1. The molecule has 0 aliphatic rings. The van der Waals surface area contributed by atoms with Crippen LogP contribution in [0.3, 0.4) is 0 Å². The summed E-state index contributed by atoms with van der Waals surface area (Å²) < 4.78 is 0. The Morgan fingerprint density at radius 2 is 1.93 bits per heavy atom. The fourth-order valence-electron chi connectivity index (χ4n) is 1.39. The van der Waals surface area contributed by atoms with Crippen molar-refractivity contribution in [3.63, 3.8) is 0 Å². The zero-order valence-electron chi connectivity index (χ0n) is 8.09. The average molecular weight is 201 g/mol. The predicted octanol–water partition coefficient (Wildman–Crippen LogP) is 1.31. The van der Waals surface area contributed by atoms with E-state index >= 15 is 0 Å². The zero-order valence-corrected chi connectivity index (χ0v) is 8.09. The van der Waals surface area contributed by atoms with E-state index in [9.17, 15) is 5.11 Å². The maximum Gasteiger partial charge on any atom is 0.116 e. The van der Waals surface area contributed by atoms with Crippen molar-refractivity contribution in [2.24, 2.45) is 5.73 Å². The van der Waals surface area contributed by atoms with Crippen molar-refractivity contribution in [1.29, 1.82) is 0 Å². The van der Waals surface area contributed by atoms with Gasteiger partial charge in [0.25, 0.3) is 0 Å². The number of phenols is 1. The number of benzene rings is 1. The third-order valence-electron chi connectivity index (χ3n) is 2.15. The molecule has 3 N–H and O–H groups in total. The van der Waals surface area contributed by atoms with Crippen LogP contribution < -0.4 is 5.73 Å². The summed E-state index contributed by atoms with van der Waals surface area (Å²) in [7, 11) is 0. The van der Waals surface area contributed by atoms with Crippen molar-refractivity contribution in [3.05, 3.63) is 42.4 Å². The molecule has 0 fully saturated rings. The largest absolute Gasteiger partial charge is 0.508 e. The lowest BCUT2D eigenvalue weighted by Crippen LogP contribution is -2.01. The van der Waals surface area contributed by atoms with Crippen LogP contribution in [0.15, 0.2) is 36.8 Å². The lowest BCUT2D eigenvalue weighted by molar-refractivity contribution is 0.475. The molecule has 0 saturated heterocycles. The molecule has 4 heteroatoms. The molecule has 0 spiro atoms. The van der Waals surface area contributed by atoms with Crippen molar-refractivity contribution in [2.45, 2.75) is 6.54 Å². The molecule has 0 amide bonds. The monoisotopic (exact) mass is 201 g/mol. The molecule has 0 saturated carbocycles. The smallest absolute Gasteiger partial charge is 0.116 e. The summed E-state index contributed by atoms with van der Waals surface area (Å²) >= 11 is 0. The highest BCUT2D eigenvalue weighted by atomic mass is 16.3. The van der Waals surface area contributed by atoms with Gasteiger partial charge in [-0.1, -0.05) is 0 Å². The number of hydrogen-bond acceptors (Lipinski definition) is 4. The predicted molar refractivity (Wildman–Crippen MR) is 57.0 cm³/mol. The maximum absolute atomic E-state index is 9.17. The Kier molecular flexibility index (Phi) is 2.60. The summed E-state index contributed by atoms with van der Waals surface area (Å²) in [4.78, 5) is 8.10. The molecule has 15 heavy (non-hydrogen) atoms. The molecule has 0 bridgehead atoms. The molecule has 0 radical (unpaired) electrons. The van der Waals surface area contributed by atoms with Gasteiger partial charge in [-0.05, 0) is 24.3 Å². The number of hydrogen-bond donors (Lipinski definition) is 2. The van der Waals surface area contributed by atoms with Gasteiger partial charge < -0.3 is 10.8 Å². The molecule has 0 atom stereocenters. The minimum Gasteiger partial charge on any atom is -0.508 e. The molecule has 0 aliphatic carbocycles. The number of nitrogens with two attached hydrogens (primary N) is 1. The lowest BCUT2D eigenvalue weighted by Gasteiger charge is -2.05. The SMILES string of the molecule is NCc1cncnc1-c1ccc(O)cc1. The molecule has 1 aromatic heterocycles. The van der Waals surface area contributed by atoms with Crippen LogP contribution in [0.5, 0.6) is 5.75 Å². The minimum absolute atomic E-state index is 0.238. The van der Waals surface area contributed by atoms with Crippen LogP contribution in [0.1, 0.15) is 5.56 Å². The molecule has 2 rings (SSSR count). The highest BCUT2D eigenvalue weighted by molar-refractivity contribution is 5.63. The van der Waals surface area contributed by atoms with Crippen LogP contribution in [0.4, 0.5) is 0 Å². The van der Waals surface area contributed by atoms with Crippen molar-refractivity contribution < 1.29 is 5.11 Å². The van der Waals surface area contributed by atoms with Gasteiger partial charge in [-0.25, -0.2) is 9.97 Å². The van der Waals surface area contributed by atoms with Crippen molar-refractivity contribution in [2.75, 3.05) is 0 Å². The number of rotatable bonds is 2. The van der Waals surface area contributed by atoms with Crippen LogP contribution in [0, 0.1) is 0 Å². The molecule has 0 aliphatic heterocycles. The van der Waals surface area contributed by atoms with E-state index in [2.05, 4.69) is 9.97 Å². The Labute approximate surface area is 87.4 Å². The van der Waals surface area contributed by atoms with Gasteiger partial charge >= 0.3 is 0 Å². The fourth-order valence-corrected chi connectivity index (χ4v) is 1.39. The fraction of sp³-hybridized carbons (Fsp3) is 0.0909. The molecule has 1 heterocycles. The maximum atomic E-state index is 9.17. The van der Waals surface area contributed by atoms with Crippen LogP contribution in [0.25, 0.3) is 11.3 Å². The van der Waals surface area contributed by atoms with E-state index in [1.165, 1.54) is 6.33 Å². The van der Waals surface area contributed by atoms with Gasteiger partial charge in [-0.2, -0.15) is 0 Å². The van der Waals surface area contributed by atoms with Crippen molar-refractivity contribution in [1.82, 2.24) is 9.97 Å². The first-order valence-electron chi connectivity index (χ1n) is 4.59. The second-order valence-electron chi connectivity index (χ2n) is 3.15. The van der Waals surface area contributed by atoms with E-state index in [0.717, 1.165) is 16.8 Å². The zero-order chi connectivity index (χ0) is 10.7. The molecule has 4 nitrogen and oxygen atoms in total. The van der Waals surface area contributed by atoms with Crippen LogP contribution in [0.2, 0.25) is 0 Å². The van der Waals surface area contributed by atoms with E-state index in [1.54, 1.807) is 30.5 Å². The molecule has 76 valence electrons. The summed E-state index contributed by atoms with van der Waals surface area (Å²) in [6, 6.07) is 6.85.